The summed E-state index contributed by atoms with van der Waals surface area (Å²) in [5, 5.41) is 13.1. The number of rotatable bonds is 7. The molecule has 166 valence electrons. The predicted octanol–water partition coefficient (Wildman–Crippen LogP) is 2.43. The van der Waals surface area contributed by atoms with Gasteiger partial charge in [0, 0.05) is 19.2 Å². The Kier molecular flexibility index (Phi) is 7.05. The number of sulfonamides is 1. The second-order valence-corrected chi connectivity index (χ2v) is 8.71. The van der Waals surface area contributed by atoms with E-state index in [0.29, 0.717) is 6.07 Å². The van der Waals surface area contributed by atoms with Crippen LogP contribution in [0.5, 0.6) is 5.75 Å². The molecule has 0 unspecified atom stereocenters. The fourth-order valence-corrected chi connectivity index (χ4v) is 4.35. The van der Waals surface area contributed by atoms with Crippen molar-refractivity contribution in [3.63, 3.8) is 0 Å². The predicted molar refractivity (Wildman–Crippen MR) is 108 cm³/mol. The number of hydrogen-bond acceptors (Lipinski definition) is 7. The van der Waals surface area contributed by atoms with Crippen molar-refractivity contribution in [2.45, 2.75) is 4.90 Å². The first-order valence-corrected chi connectivity index (χ1v) is 10.7. The maximum Gasteiger partial charge on any atom is 0.272 e. The Morgan fingerprint density at radius 3 is 2.61 bits per heavy atom. The monoisotopic (exact) mass is 473 g/mol. The number of non-ortho nitro benzene ring substituents is 1. The van der Waals surface area contributed by atoms with E-state index in [4.69, 9.17) is 21.1 Å². The maximum absolute atomic E-state index is 13.9. The number of anilines is 1. The van der Waals surface area contributed by atoms with Gasteiger partial charge in [0.05, 0.1) is 39.8 Å². The molecule has 0 aromatic heterocycles. The van der Waals surface area contributed by atoms with E-state index >= 15 is 0 Å². The SMILES string of the molecule is O=C(COc1ccc([N+](=O)[O-])cc1F)Nc1cc(S(=O)(=O)N2CCOCC2)ccc1Cl. The van der Waals surface area contributed by atoms with Crippen LogP contribution in [0.2, 0.25) is 5.02 Å². The van der Waals surface area contributed by atoms with Crippen molar-refractivity contribution in [2.75, 3.05) is 38.2 Å². The molecule has 0 atom stereocenters. The van der Waals surface area contributed by atoms with Crippen molar-refractivity contribution in [3.05, 3.63) is 57.4 Å². The van der Waals surface area contributed by atoms with Gasteiger partial charge in [0.15, 0.2) is 18.2 Å². The van der Waals surface area contributed by atoms with Crippen molar-refractivity contribution < 1.29 is 32.0 Å². The Bertz CT molecular complexity index is 1110. The summed E-state index contributed by atoms with van der Waals surface area (Å²) in [6, 6.07) is 6.62. The highest BCUT2D eigenvalue weighted by molar-refractivity contribution is 7.89. The number of benzene rings is 2. The number of nitro benzene ring substituents is 1. The van der Waals surface area contributed by atoms with Gasteiger partial charge in [-0.2, -0.15) is 4.31 Å². The summed E-state index contributed by atoms with van der Waals surface area (Å²) in [5.74, 6) is -2.09. The zero-order valence-electron chi connectivity index (χ0n) is 15.9. The lowest BCUT2D eigenvalue weighted by atomic mass is 10.3. The van der Waals surface area contributed by atoms with E-state index in [1.165, 1.54) is 22.5 Å². The molecule has 31 heavy (non-hydrogen) atoms. The van der Waals surface area contributed by atoms with E-state index in [1.54, 1.807) is 0 Å². The van der Waals surface area contributed by atoms with Gasteiger partial charge in [-0.15, -0.1) is 0 Å². The van der Waals surface area contributed by atoms with Gasteiger partial charge in [-0.05, 0) is 24.3 Å². The fraction of sp³-hybridized carbons (Fsp3) is 0.278. The largest absolute Gasteiger partial charge is 0.481 e. The summed E-state index contributed by atoms with van der Waals surface area (Å²) < 4.78 is 50.8. The van der Waals surface area contributed by atoms with E-state index < -0.39 is 39.0 Å². The second kappa shape index (κ2) is 9.56. The summed E-state index contributed by atoms with van der Waals surface area (Å²) in [6.45, 7) is 0.355. The Morgan fingerprint density at radius 2 is 1.97 bits per heavy atom. The smallest absolute Gasteiger partial charge is 0.272 e. The molecule has 1 amide bonds. The zero-order valence-corrected chi connectivity index (χ0v) is 17.5. The minimum Gasteiger partial charge on any atom is -0.481 e. The molecule has 1 saturated heterocycles. The van der Waals surface area contributed by atoms with Gasteiger partial charge in [-0.25, -0.2) is 12.8 Å². The van der Waals surface area contributed by atoms with E-state index in [0.717, 1.165) is 12.1 Å². The van der Waals surface area contributed by atoms with Crippen molar-refractivity contribution >= 4 is 38.9 Å². The van der Waals surface area contributed by atoms with Crippen LogP contribution in [0.1, 0.15) is 0 Å². The van der Waals surface area contributed by atoms with Crippen LogP contribution in [0, 0.1) is 15.9 Å². The number of nitro groups is 1. The summed E-state index contributed by atoms with van der Waals surface area (Å²) in [6.07, 6.45) is 0. The fourth-order valence-electron chi connectivity index (χ4n) is 2.75. The van der Waals surface area contributed by atoms with E-state index in [2.05, 4.69) is 5.32 Å². The molecule has 0 radical (unpaired) electrons. The first-order chi connectivity index (χ1) is 14.7. The van der Waals surface area contributed by atoms with Gasteiger partial charge in [0.1, 0.15) is 0 Å². The molecule has 1 heterocycles. The second-order valence-electron chi connectivity index (χ2n) is 6.37. The number of carbonyl (C=O) groups excluding carboxylic acids is 1. The van der Waals surface area contributed by atoms with E-state index in [1.807, 2.05) is 0 Å². The third-order valence-electron chi connectivity index (χ3n) is 4.30. The minimum absolute atomic E-state index is 0.0359. The molecule has 3 rings (SSSR count). The number of ether oxygens (including phenoxy) is 2. The lowest BCUT2D eigenvalue weighted by Gasteiger charge is -2.26. The average Bonchev–Trinajstić information content (AvgIpc) is 2.74. The summed E-state index contributed by atoms with van der Waals surface area (Å²) in [7, 11) is -3.80. The normalized spacial score (nSPS) is 14.8. The van der Waals surface area contributed by atoms with Crippen molar-refractivity contribution in [1.29, 1.82) is 0 Å². The van der Waals surface area contributed by atoms with Crippen molar-refractivity contribution in [1.82, 2.24) is 4.31 Å². The summed E-state index contributed by atoms with van der Waals surface area (Å²) in [5.41, 5.74) is -0.423. The molecule has 13 heteroatoms. The van der Waals surface area contributed by atoms with E-state index in [9.17, 15) is 27.7 Å². The number of halogens is 2. The van der Waals surface area contributed by atoms with Gasteiger partial charge in [-0.3, -0.25) is 14.9 Å². The first kappa shape index (κ1) is 22.9. The van der Waals surface area contributed by atoms with Crippen molar-refractivity contribution in [3.8, 4) is 5.75 Å². The highest BCUT2D eigenvalue weighted by atomic mass is 35.5. The third kappa shape index (κ3) is 5.47. The van der Waals surface area contributed by atoms with Gasteiger partial charge in [0.25, 0.3) is 11.6 Å². The molecule has 0 aliphatic carbocycles. The van der Waals surface area contributed by atoms with Crippen molar-refractivity contribution in [2.24, 2.45) is 0 Å². The zero-order chi connectivity index (χ0) is 22.6. The molecule has 1 N–H and O–H groups in total. The Hall–Kier alpha value is -2.80. The molecule has 1 aliphatic rings. The number of nitrogens with zero attached hydrogens (tertiary/aromatic N) is 2. The van der Waals surface area contributed by atoms with Crippen LogP contribution in [0.4, 0.5) is 15.8 Å². The molecule has 0 spiro atoms. The van der Waals surface area contributed by atoms with Crippen LogP contribution in [0.15, 0.2) is 41.3 Å². The Labute approximate surface area is 181 Å². The number of amides is 1. The van der Waals surface area contributed by atoms with Crippen LogP contribution in [0.3, 0.4) is 0 Å². The highest BCUT2D eigenvalue weighted by Crippen LogP contribution is 2.28. The van der Waals surface area contributed by atoms with Crippen LogP contribution in [0.25, 0.3) is 0 Å². The number of hydrogen-bond donors (Lipinski definition) is 1. The quantitative estimate of drug-likeness (QED) is 0.483. The molecular weight excluding hydrogens is 457 g/mol. The van der Waals surface area contributed by atoms with Crippen LogP contribution >= 0.6 is 11.6 Å². The molecular formula is C18H17ClFN3O7S. The molecule has 2 aromatic rings. The minimum atomic E-state index is -3.80. The topological polar surface area (TPSA) is 128 Å². The van der Waals surface area contributed by atoms with Gasteiger partial charge in [-0.1, -0.05) is 11.6 Å². The molecule has 2 aromatic carbocycles. The van der Waals surface area contributed by atoms with E-state index in [-0.39, 0.29) is 47.7 Å². The lowest BCUT2D eigenvalue weighted by Crippen LogP contribution is -2.40. The summed E-state index contributed by atoms with van der Waals surface area (Å²) >= 11 is 6.06. The van der Waals surface area contributed by atoms with Crippen LogP contribution in [-0.2, 0) is 19.6 Å². The average molecular weight is 474 g/mol. The number of carbonyl (C=O) groups is 1. The number of morpholine rings is 1. The third-order valence-corrected chi connectivity index (χ3v) is 6.53. The lowest BCUT2D eigenvalue weighted by molar-refractivity contribution is -0.385. The first-order valence-electron chi connectivity index (χ1n) is 8.92. The van der Waals surface area contributed by atoms with Gasteiger partial charge < -0.3 is 14.8 Å². The Morgan fingerprint density at radius 1 is 1.26 bits per heavy atom. The van der Waals surface area contributed by atoms with Crippen LogP contribution in [-0.4, -0.2) is 56.5 Å². The molecule has 0 bridgehead atoms. The van der Waals surface area contributed by atoms with Gasteiger partial charge >= 0.3 is 0 Å². The standard InChI is InChI=1S/C18H17ClFN3O7S/c19-14-3-2-13(31(27,28)22-5-7-29-8-6-22)10-16(14)21-18(24)11-30-17-4-1-12(23(25)26)9-15(17)20/h1-4,9-10H,5-8,11H2,(H,21,24). The highest BCUT2D eigenvalue weighted by Gasteiger charge is 2.27. The molecule has 0 saturated carbocycles. The summed E-state index contributed by atoms with van der Waals surface area (Å²) in [4.78, 5) is 22.0. The Balaban J connectivity index is 1.69. The number of nitrogens with one attached hydrogen (secondary N) is 1. The molecule has 10 nitrogen and oxygen atoms in total. The molecule has 1 aliphatic heterocycles. The van der Waals surface area contributed by atoms with Gasteiger partial charge in [0.2, 0.25) is 10.0 Å². The molecule has 1 fully saturated rings. The maximum atomic E-state index is 13.9. The van der Waals surface area contributed by atoms with Crippen LogP contribution < -0.4 is 10.1 Å².